The summed E-state index contributed by atoms with van der Waals surface area (Å²) in [7, 11) is 0. The molecule has 1 aromatic carbocycles. The van der Waals surface area contributed by atoms with Gasteiger partial charge in [-0.25, -0.2) is 4.98 Å². The van der Waals surface area contributed by atoms with E-state index in [1.165, 1.54) is 18.4 Å². The van der Waals surface area contributed by atoms with Gasteiger partial charge >= 0.3 is 0 Å². The van der Waals surface area contributed by atoms with E-state index in [-0.39, 0.29) is 11.9 Å². The number of rotatable bonds is 4. The number of amides is 1. The maximum atomic E-state index is 12.5. The largest absolute Gasteiger partial charge is 0.353 e. The van der Waals surface area contributed by atoms with E-state index in [1.54, 1.807) is 0 Å². The van der Waals surface area contributed by atoms with Gasteiger partial charge in [0.05, 0.1) is 0 Å². The summed E-state index contributed by atoms with van der Waals surface area (Å²) in [6, 6.07) is 16.8. The molecule has 1 aromatic heterocycles. The average Bonchev–Trinajstić information content (AvgIpc) is 3.22. The van der Waals surface area contributed by atoms with Crippen molar-refractivity contribution in [1.29, 1.82) is 0 Å². The molecule has 0 spiro atoms. The molecule has 1 atom stereocenters. The zero-order valence-corrected chi connectivity index (χ0v) is 15.0. The zero-order valence-electron chi connectivity index (χ0n) is 15.0. The molecule has 2 N–H and O–H groups in total. The predicted molar refractivity (Wildman–Crippen MR) is 103 cm³/mol. The number of pyridine rings is 1. The van der Waals surface area contributed by atoms with Crippen molar-refractivity contribution >= 4 is 11.7 Å². The Hall–Kier alpha value is -2.40. The first-order valence-corrected chi connectivity index (χ1v) is 9.61. The SMILES string of the molecule is O=C(NC1CCCC1)c1cccc(N2CCNC(c3ccccc3)C2)n1. The van der Waals surface area contributed by atoms with Crippen molar-refractivity contribution in [1.82, 2.24) is 15.6 Å². The molecule has 0 bridgehead atoms. The lowest BCUT2D eigenvalue weighted by Crippen LogP contribution is -2.46. The Morgan fingerprint density at radius 3 is 2.69 bits per heavy atom. The first-order valence-electron chi connectivity index (χ1n) is 9.61. The summed E-state index contributed by atoms with van der Waals surface area (Å²) in [5.74, 6) is 0.833. The second-order valence-electron chi connectivity index (χ2n) is 7.20. The van der Waals surface area contributed by atoms with Crippen LogP contribution in [-0.2, 0) is 0 Å². The molecule has 26 heavy (non-hydrogen) atoms. The van der Waals surface area contributed by atoms with Crippen molar-refractivity contribution in [2.45, 2.75) is 37.8 Å². The normalized spacial score (nSPS) is 20.9. The summed E-state index contributed by atoms with van der Waals surface area (Å²) in [6.07, 6.45) is 4.59. The molecule has 136 valence electrons. The van der Waals surface area contributed by atoms with Crippen LogP contribution in [0.3, 0.4) is 0 Å². The van der Waals surface area contributed by atoms with Gasteiger partial charge in [0, 0.05) is 31.7 Å². The van der Waals surface area contributed by atoms with E-state index in [4.69, 9.17) is 0 Å². The molecule has 2 heterocycles. The van der Waals surface area contributed by atoms with Crippen LogP contribution in [0.5, 0.6) is 0 Å². The number of piperazine rings is 1. The highest BCUT2D eigenvalue weighted by atomic mass is 16.1. The third-order valence-corrected chi connectivity index (χ3v) is 5.36. The number of hydrogen-bond acceptors (Lipinski definition) is 4. The highest BCUT2D eigenvalue weighted by molar-refractivity contribution is 5.92. The van der Waals surface area contributed by atoms with E-state index in [1.807, 2.05) is 24.3 Å². The Bertz CT molecular complexity index is 743. The van der Waals surface area contributed by atoms with E-state index in [0.29, 0.717) is 11.7 Å². The monoisotopic (exact) mass is 350 g/mol. The van der Waals surface area contributed by atoms with Crippen LogP contribution in [0.2, 0.25) is 0 Å². The smallest absolute Gasteiger partial charge is 0.270 e. The molecule has 4 rings (SSSR count). The molecule has 2 fully saturated rings. The van der Waals surface area contributed by atoms with Crippen molar-refractivity contribution in [3.63, 3.8) is 0 Å². The van der Waals surface area contributed by atoms with Crippen molar-refractivity contribution in [2.24, 2.45) is 0 Å². The van der Waals surface area contributed by atoms with E-state index >= 15 is 0 Å². The van der Waals surface area contributed by atoms with E-state index in [0.717, 1.165) is 38.3 Å². The molecule has 1 saturated carbocycles. The molecular formula is C21H26N4O. The van der Waals surface area contributed by atoms with Crippen LogP contribution in [0.25, 0.3) is 0 Å². The quantitative estimate of drug-likeness (QED) is 0.890. The fourth-order valence-corrected chi connectivity index (χ4v) is 3.92. The number of benzene rings is 1. The third kappa shape index (κ3) is 3.88. The van der Waals surface area contributed by atoms with Gasteiger partial charge in [-0.2, -0.15) is 0 Å². The van der Waals surface area contributed by atoms with Gasteiger partial charge in [-0.1, -0.05) is 49.2 Å². The fourth-order valence-electron chi connectivity index (χ4n) is 3.92. The molecule has 2 aromatic rings. The topological polar surface area (TPSA) is 57.3 Å². The number of carbonyl (C=O) groups is 1. The van der Waals surface area contributed by atoms with Crippen LogP contribution in [0, 0.1) is 0 Å². The highest BCUT2D eigenvalue weighted by Crippen LogP contribution is 2.22. The molecule has 5 nitrogen and oxygen atoms in total. The lowest BCUT2D eigenvalue weighted by molar-refractivity contribution is 0.0933. The molecule has 1 amide bonds. The number of aromatic nitrogens is 1. The summed E-state index contributed by atoms with van der Waals surface area (Å²) in [5, 5.41) is 6.70. The van der Waals surface area contributed by atoms with Gasteiger partial charge in [-0.3, -0.25) is 4.79 Å². The summed E-state index contributed by atoms with van der Waals surface area (Å²) in [5.41, 5.74) is 1.80. The average molecular weight is 350 g/mol. The van der Waals surface area contributed by atoms with Gasteiger partial charge in [0.1, 0.15) is 11.5 Å². The first kappa shape index (κ1) is 17.0. The minimum absolute atomic E-state index is 0.0477. The molecule has 1 aliphatic carbocycles. The van der Waals surface area contributed by atoms with Gasteiger partial charge in [0.15, 0.2) is 0 Å². The molecule has 2 aliphatic rings. The standard InChI is InChI=1S/C21H26N4O/c26-21(23-17-9-4-5-10-17)18-11-6-12-20(24-18)25-14-13-22-19(15-25)16-7-2-1-3-8-16/h1-3,6-8,11-12,17,19,22H,4-5,9-10,13-15H2,(H,23,26). The zero-order chi connectivity index (χ0) is 17.8. The van der Waals surface area contributed by atoms with Gasteiger partial charge in [0.25, 0.3) is 5.91 Å². The third-order valence-electron chi connectivity index (χ3n) is 5.36. The second-order valence-corrected chi connectivity index (χ2v) is 7.20. The first-order chi connectivity index (χ1) is 12.8. The summed E-state index contributed by atoms with van der Waals surface area (Å²) >= 11 is 0. The maximum absolute atomic E-state index is 12.5. The van der Waals surface area contributed by atoms with Crippen LogP contribution in [0.1, 0.15) is 47.8 Å². The van der Waals surface area contributed by atoms with E-state index in [2.05, 4.69) is 44.8 Å². The Kier molecular flexibility index (Phi) is 5.16. The molecule has 1 aliphatic heterocycles. The van der Waals surface area contributed by atoms with E-state index < -0.39 is 0 Å². The Labute approximate surface area is 154 Å². The minimum Gasteiger partial charge on any atom is -0.353 e. The predicted octanol–water partition coefficient (Wildman–Crippen LogP) is 2.90. The summed E-state index contributed by atoms with van der Waals surface area (Å²) < 4.78 is 0. The molecule has 1 unspecified atom stereocenters. The Morgan fingerprint density at radius 2 is 1.88 bits per heavy atom. The number of carbonyl (C=O) groups excluding carboxylic acids is 1. The van der Waals surface area contributed by atoms with Crippen LogP contribution in [0.15, 0.2) is 48.5 Å². The molecule has 5 heteroatoms. The van der Waals surface area contributed by atoms with Gasteiger partial charge in [0.2, 0.25) is 0 Å². The number of nitrogens with zero attached hydrogens (tertiary/aromatic N) is 2. The lowest BCUT2D eigenvalue weighted by Gasteiger charge is -2.35. The van der Waals surface area contributed by atoms with Gasteiger partial charge in [-0.05, 0) is 30.5 Å². The van der Waals surface area contributed by atoms with Crippen molar-refractivity contribution in [2.75, 3.05) is 24.5 Å². The van der Waals surface area contributed by atoms with Crippen LogP contribution < -0.4 is 15.5 Å². The fraction of sp³-hybridized carbons (Fsp3) is 0.429. The van der Waals surface area contributed by atoms with Crippen molar-refractivity contribution in [3.8, 4) is 0 Å². The number of anilines is 1. The summed E-state index contributed by atoms with van der Waals surface area (Å²) in [6.45, 7) is 2.65. The second kappa shape index (κ2) is 7.87. The van der Waals surface area contributed by atoms with Crippen molar-refractivity contribution in [3.05, 3.63) is 59.8 Å². The highest BCUT2D eigenvalue weighted by Gasteiger charge is 2.23. The van der Waals surface area contributed by atoms with Crippen LogP contribution in [0.4, 0.5) is 5.82 Å². The maximum Gasteiger partial charge on any atom is 0.270 e. The summed E-state index contributed by atoms with van der Waals surface area (Å²) in [4.78, 5) is 19.4. The van der Waals surface area contributed by atoms with Crippen LogP contribution >= 0.6 is 0 Å². The van der Waals surface area contributed by atoms with Gasteiger partial charge in [-0.15, -0.1) is 0 Å². The van der Waals surface area contributed by atoms with Gasteiger partial charge < -0.3 is 15.5 Å². The minimum atomic E-state index is -0.0477. The molecule has 1 saturated heterocycles. The number of hydrogen-bond donors (Lipinski definition) is 2. The molecule has 0 radical (unpaired) electrons. The van der Waals surface area contributed by atoms with E-state index in [9.17, 15) is 4.79 Å². The van der Waals surface area contributed by atoms with Crippen molar-refractivity contribution < 1.29 is 4.79 Å². The number of nitrogens with one attached hydrogen (secondary N) is 2. The lowest BCUT2D eigenvalue weighted by atomic mass is 10.0. The Balaban J connectivity index is 1.46. The van der Waals surface area contributed by atoms with Crippen LogP contribution in [-0.4, -0.2) is 36.6 Å². The Morgan fingerprint density at radius 1 is 1.08 bits per heavy atom. The molecular weight excluding hydrogens is 324 g/mol.